The average Bonchev–Trinajstić information content (AvgIpc) is 3.22. The molecule has 27 heavy (non-hydrogen) atoms. The second-order valence-corrected chi connectivity index (χ2v) is 6.86. The van der Waals surface area contributed by atoms with E-state index in [4.69, 9.17) is 14.2 Å². The van der Waals surface area contributed by atoms with Crippen LogP contribution in [-0.2, 0) is 14.3 Å². The maximum absolute atomic E-state index is 12.5. The van der Waals surface area contributed by atoms with Crippen molar-refractivity contribution in [3.8, 4) is 11.5 Å². The number of nitrogens with zero attached hydrogens (tertiary/aromatic N) is 1. The summed E-state index contributed by atoms with van der Waals surface area (Å²) in [6.07, 6.45) is 1.65. The van der Waals surface area contributed by atoms with Gasteiger partial charge in [0.05, 0.1) is 4.91 Å². The fourth-order valence-electron chi connectivity index (χ4n) is 2.71. The summed E-state index contributed by atoms with van der Waals surface area (Å²) in [5, 5.41) is 2.32. The number of hydrogen-bond acceptors (Lipinski definition) is 7. The van der Waals surface area contributed by atoms with Crippen LogP contribution in [0.5, 0.6) is 11.5 Å². The summed E-state index contributed by atoms with van der Waals surface area (Å²) in [6.45, 7) is 2.29. The number of ether oxygens (including phenoxy) is 3. The molecule has 3 amide bonds. The smallest absolute Gasteiger partial charge is 0.293 e. The van der Waals surface area contributed by atoms with Gasteiger partial charge in [0.2, 0.25) is 12.7 Å². The molecule has 1 N–H and O–H groups in total. The van der Waals surface area contributed by atoms with Gasteiger partial charge < -0.3 is 19.5 Å². The minimum atomic E-state index is -0.536. The van der Waals surface area contributed by atoms with Crippen molar-refractivity contribution < 1.29 is 28.6 Å². The normalized spacial score (nSPS) is 18.3. The number of fused-ring (bicyclic) bond motifs is 1. The van der Waals surface area contributed by atoms with E-state index in [1.165, 1.54) is 7.11 Å². The Morgan fingerprint density at radius 2 is 2.15 bits per heavy atom. The van der Waals surface area contributed by atoms with Gasteiger partial charge in [0.15, 0.2) is 11.5 Å². The monoisotopic (exact) mass is 392 g/mol. The number of methoxy groups -OCH3 is 1. The Hall–Kier alpha value is -2.52. The molecule has 2 aliphatic rings. The maximum atomic E-state index is 12.5. The molecule has 0 bridgehead atoms. The van der Waals surface area contributed by atoms with Gasteiger partial charge >= 0.3 is 0 Å². The topological polar surface area (TPSA) is 94.2 Å². The molecule has 1 saturated heterocycles. The molecule has 3 rings (SSSR count). The zero-order chi connectivity index (χ0) is 19.4. The standard InChI is InChI=1S/C18H20N2O6S/c1-3-12(24-2)16(21)19-6-7-20-17(22)15(27-18(20)23)9-11-4-5-13-14(8-11)26-10-25-13/h4-5,8-9,12H,3,6-7,10H2,1-2H3,(H,19,21)/b15-9+. The van der Waals surface area contributed by atoms with Gasteiger partial charge in [-0.05, 0) is 42.0 Å². The van der Waals surface area contributed by atoms with Crippen molar-refractivity contribution in [1.29, 1.82) is 0 Å². The zero-order valence-electron chi connectivity index (χ0n) is 15.0. The van der Waals surface area contributed by atoms with Crippen LogP contribution in [0.3, 0.4) is 0 Å². The molecule has 144 valence electrons. The molecule has 2 heterocycles. The van der Waals surface area contributed by atoms with Gasteiger partial charge in [-0.3, -0.25) is 19.3 Å². The lowest BCUT2D eigenvalue weighted by molar-refractivity contribution is -0.131. The van der Waals surface area contributed by atoms with Gasteiger partial charge in [-0.2, -0.15) is 0 Å². The van der Waals surface area contributed by atoms with Gasteiger partial charge in [0, 0.05) is 20.2 Å². The number of imide groups is 1. The van der Waals surface area contributed by atoms with Gasteiger partial charge in [0.1, 0.15) is 6.10 Å². The van der Waals surface area contributed by atoms with Gasteiger partial charge in [-0.25, -0.2) is 0 Å². The van der Waals surface area contributed by atoms with Crippen molar-refractivity contribution in [1.82, 2.24) is 10.2 Å². The first-order chi connectivity index (χ1) is 13.0. The second-order valence-electron chi connectivity index (χ2n) is 5.87. The van der Waals surface area contributed by atoms with Crippen LogP contribution in [0.4, 0.5) is 4.79 Å². The first kappa shape index (κ1) is 19.2. The van der Waals surface area contributed by atoms with Crippen LogP contribution < -0.4 is 14.8 Å². The van der Waals surface area contributed by atoms with Crippen molar-refractivity contribution in [3.63, 3.8) is 0 Å². The summed E-state index contributed by atoms with van der Waals surface area (Å²) in [6, 6.07) is 5.30. The Morgan fingerprint density at radius 3 is 2.89 bits per heavy atom. The quantitative estimate of drug-likeness (QED) is 0.709. The summed E-state index contributed by atoms with van der Waals surface area (Å²) in [4.78, 5) is 38.0. The minimum Gasteiger partial charge on any atom is -0.454 e. The molecular weight excluding hydrogens is 372 g/mol. The van der Waals surface area contributed by atoms with Crippen molar-refractivity contribution in [3.05, 3.63) is 28.7 Å². The number of rotatable bonds is 7. The van der Waals surface area contributed by atoms with E-state index < -0.39 is 6.10 Å². The molecule has 9 heteroatoms. The van der Waals surface area contributed by atoms with E-state index >= 15 is 0 Å². The third kappa shape index (κ3) is 4.25. The molecule has 1 aromatic carbocycles. The SMILES string of the molecule is CCC(OC)C(=O)NCCN1C(=O)S/C(=C/c2ccc3c(c2)OCO3)C1=O. The van der Waals surface area contributed by atoms with Crippen molar-refractivity contribution in [2.24, 2.45) is 0 Å². The number of hydrogen-bond donors (Lipinski definition) is 1. The van der Waals surface area contributed by atoms with E-state index in [0.717, 1.165) is 22.2 Å². The van der Waals surface area contributed by atoms with E-state index in [0.29, 0.717) is 22.8 Å². The lowest BCUT2D eigenvalue weighted by atomic mass is 10.2. The third-order valence-electron chi connectivity index (χ3n) is 4.15. The van der Waals surface area contributed by atoms with Crippen LogP contribution in [-0.4, -0.2) is 55.0 Å². The molecule has 1 unspecified atom stereocenters. The first-order valence-corrected chi connectivity index (χ1v) is 9.30. The molecule has 0 radical (unpaired) electrons. The van der Waals surface area contributed by atoms with Gasteiger partial charge in [-0.15, -0.1) is 0 Å². The largest absolute Gasteiger partial charge is 0.454 e. The fourth-order valence-corrected chi connectivity index (χ4v) is 3.58. The predicted molar refractivity (Wildman–Crippen MR) is 99.3 cm³/mol. The van der Waals surface area contributed by atoms with Crippen molar-refractivity contribution >= 4 is 34.9 Å². The maximum Gasteiger partial charge on any atom is 0.293 e. The number of amides is 3. The average molecular weight is 392 g/mol. The predicted octanol–water partition coefficient (Wildman–Crippen LogP) is 1.99. The van der Waals surface area contributed by atoms with Crippen LogP contribution in [0.15, 0.2) is 23.1 Å². The number of carbonyl (C=O) groups excluding carboxylic acids is 3. The summed E-state index contributed by atoms with van der Waals surface area (Å²) in [7, 11) is 1.46. The van der Waals surface area contributed by atoms with Crippen molar-refractivity contribution in [2.45, 2.75) is 19.4 Å². The third-order valence-corrected chi connectivity index (χ3v) is 5.06. The summed E-state index contributed by atoms with van der Waals surface area (Å²) < 4.78 is 15.6. The molecule has 0 aromatic heterocycles. The highest BCUT2D eigenvalue weighted by Crippen LogP contribution is 2.36. The molecule has 1 fully saturated rings. The molecular formula is C18H20N2O6S. The Kier molecular flexibility index (Phi) is 6.02. The molecule has 2 aliphatic heterocycles. The van der Waals surface area contributed by atoms with Crippen LogP contribution in [0.25, 0.3) is 6.08 Å². The van der Waals surface area contributed by atoms with Gasteiger partial charge in [-0.1, -0.05) is 13.0 Å². The van der Waals surface area contributed by atoms with Crippen LogP contribution in [0, 0.1) is 0 Å². The number of carbonyl (C=O) groups is 3. The van der Waals surface area contributed by atoms with Gasteiger partial charge in [0.25, 0.3) is 11.1 Å². The van der Waals surface area contributed by atoms with E-state index in [9.17, 15) is 14.4 Å². The van der Waals surface area contributed by atoms with E-state index in [1.807, 2.05) is 6.92 Å². The zero-order valence-corrected chi connectivity index (χ0v) is 15.8. The van der Waals surface area contributed by atoms with E-state index in [1.54, 1.807) is 24.3 Å². The Labute approximate surface area is 160 Å². The van der Waals surface area contributed by atoms with Crippen molar-refractivity contribution in [2.75, 3.05) is 27.0 Å². The van der Waals surface area contributed by atoms with E-state index in [2.05, 4.69) is 5.32 Å². The molecule has 8 nitrogen and oxygen atoms in total. The lowest BCUT2D eigenvalue weighted by Crippen LogP contribution is -2.41. The second kappa shape index (κ2) is 8.45. The highest BCUT2D eigenvalue weighted by atomic mass is 32.2. The number of benzene rings is 1. The Bertz CT molecular complexity index is 790. The molecule has 1 atom stereocenters. The van der Waals surface area contributed by atoms with E-state index in [-0.39, 0.29) is 36.9 Å². The van der Waals surface area contributed by atoms with Crippen LogP contribution in [0.1, 0.15) is 18.9 Å². The highest BCUT2D eigenvalue weighted by molar-refractivity contribution is 8.18. The molecule has 0 aliphatic carbocycles. The molecule has 1 aromatic rings. The number of nitrogens with one attached hydrogen (secondary N) is 1. The lowest BCUT2D eigenvalue weighted by Gasteiger charge is -2.16. The fraction of sp³-hybridized carbons (Fsp3) is 0.389. The summed E-state index contributed by atoms with van der Waals surface area (Å²) >= 11 is 0.873. The molecule has 0 saturated carbocycles. The molecule has 0 spiro atoms. The van der Waals surface area contributed by atoms with Crippen LogP contribution >= 0.6 is 11.8 Å². The highest BCUT2D eigenvalue weighted by Gasteiger charge is 2.34. The summed E-state index contributed by atoms with van der Waals surface area (Å²) in [5.74, 6) is 0.616. The Morgan fingerprint density at radius 1 is 1.37 bits per heavy atom. The Balaban J connectivity index is 1.60. The first-order valence-electron chi connectivity index (χ1n) is 8.49. The summed E-state index contributed by atoms with van der Waals surface area (Å²) in [5.41, 5.74) is 0.740. The number of thioether (sulfide) groups is 1. The van der Waals surface area contributed by atoms with Crippen LogP contribution in [0.2, 0.25) is 0 Å². The minimum absolute atomic E-state index is 0.106.